The van der Waals surface area contributed by atoms with Crippen LogP contribution in [0.4, 0.5) is 0 Å². The molecule has 0 aromatic rings. The minimum atomic E-state index is 0. The Balaban J connectivity index is -0.00000000667. The van der Waals surface area contributed by atoms with Crippen molar-refractivity contribution in [3.05, 3.63) is 13.9 Å². The number of hydrogen-bond donors (Lipinski definition) is 0. The van der Waals surface area contributed by atoms with Crippen LogP contribution in [-0.4, -0.2) is 0 Å². The van der Waals surface area contributed by atoms with E-state index in [0.717, 1.165) is 0 Å². The summed E-state index contributed by atoms with van der Waals surface area (Å²) in [6.07, 6.45) is 5.96. The molecule has 0 aliphatic heterocycles. The van der Waals surface area contributed by atoms with Crippen LogP contribution in [0.1, 0.15) is 14.4 Å². The first kappa shape index (κ1) is 30.1. The van der Waals surface area contributed by atoms with Gasteiger partial charge in [0.25, 0.3) is 0 Å². The molecule has 0 N–H and O–H groups in total. The van der Waals surface area contributed by atoms with Gasteiger partial charge in [-0.25, -0.2) is 0 Å². The SMILES string of the molecule is C.[C-]#CC.[CH3-].[Y]. The van der Waals surface area contributed by atoms with Gasteiger partial charge in [0.15, 0.2) is 0 Å². The quantitative estimate of drug-likeness (QED) is 0.372. The molecule has 0 unspecified atom stereocenters. The van der Waals surface area contributed by atoms with E-state index in [2.05, 4.69) is 0 Å². The molecule has 0 aliphatic rings. The molecule has 0 bridgehead atoms. The molecule has 0 amide bonds. The number of hydrogen-bond acceptors (Lipinski definition) is 0. The maximum Gasteiger partial charge on any atom is 0 e. The molecule has 0 rings (SSSR count). The summed E-state index contributed by atoms with van der Waals surface area (Å²) in [5.41, 5.74) is 0. The van der Waals surface area contributed by atoms with Gasteiger partial charge in [0, 0.05) is 32.7 Å². The van der Waals surface area contributed by atoms with Crippen molar-refractivity contribution < 1.29 is 32.7 Å². The van der Waals surface area contributed by atoms with Crippen LogP contribution in [0.3, 0.4) is 0 Å². The van der Waals surface area contributed by atoms with Crippen molar-refractivity contribution in [1.82, 2.24) is 0 Å². The summed E-state index contributed by atoms with van der Waals surface area (Å²) in [6.45, 7) is 1.54. The van der Waals surface area contributed by atoms with Gasteiger partial charge in [0.1, 0.15) is 0 Å². The molecule has 35 valence electrons. The fraction of sp³-hybridized carbons (Fsp3) is 0.400. The van der Waals surface area contributed by atoms with Crippen LogP contribution in [-0.2, 0) is 32.7 Å². The van der Waals surface area contributed by atoms with E-state index in [1.807, 2.05) is 5.92 Å². The molecule has 0 spiro atoms. The van der Waals surface area contributed by atoms with Crippen molar-refractivity contribution in [3.8, 4) is 5.92 Å². The molecule has 6 heavy (non-hydrogen) atoms. The second kappa shape index (κ2) is 44.5. The minimum Gasteiger partial charge on any atom is -0.694 e. The molecule has 0 atom stereocenters. The van der Waals surface area contributed by atoms with Gasteiger partial charge in [-0.15, -0.1) is 0 Å². The van der Waals surface area contributed by atoms with Gasteiger partial charge < -0.3 is 19.8 Å². The van der Waals surface area contributed by atoms with E-state index >= 15 is 0 Å². The first-order valence-corrected chi connectivity index (χ1v) is 0.750. The Kier molecular flexibility index (Phi) is 223. The monoisotopic (exact) mass is 159 g/mol. The summed E-state index contributed by atoms with van der Waals surface area (Å²) in [7, 11) is 0. The van der Waals surface area contributed by atoms with E-state index in [1.54, 1.807) is 6.92 Å². The van der Waals surface area contributed by atoms with E-state index in [9.17, 15) is 0 Å². The molecule has 0 fully saturated rings. The van der Waals surface area contributed by atoms with Crippen molar-refractivity contribution in [2.45, 2.75) is 14.4 Å². The third kappa shape index (κ3) is 142. The zero-order chi connectivity index (χ0) is 2.71. The second-order valence-electron chi connectivity index (χ2n) is 0.250. The van der Waals surface area contributed by atoms with Crippen LogP contribution in [0.5, 0.6) is 0 Å². The van der Waals surface area contributed by atoms with E-state index in [1.165, 1.54) is 0 Å². The largest absolute Gasteiger partial charge is 0.694 e. The van der Waals surface area contributed by atoms with Gasteiger partial charge in [-0.3, -0.25) is 0 Å². The van der Waals surface area contributed by atoms with Crippen LogP contribution in [0, 0.1) is 19.8 Å². The topological polar surface area (TPSA) is 0 Å². The summed E-state index contributed by atoms with van der Waals surface area (Å²) in [6, 6.07) is 0. The van der Waals surface area contributed by atoms with E-state index in [0.29, 0.717) is 0 Å². The molecular formula is C5H10Y-2. The van der Waals surface area contributed by atoms with Crippen LogP contribution in [0.15, 0.2) is 0 Å². The Labute approximate surface area is 66.6 Å². The Bertz CT molecular complexity index is 25.4. The second-order valence-corrected chi connectivity index (χ2v) is 0.250. The number of rotatable bonds is 0. The fourth-order valence-electron chi connectivity index (χ4n) is 0. The molecule has 1 heteroatoms. The fourth-order valence-corrected chi connectivity index (χ4v) is 0. The summed E-state index contributed by atoms with van der Waals surface area (Å²) in [4.78, 5) is 0. The minimum absolute atomic E-state index is 0. The summed E-state index contributed by atoms with van der Waals surface area (Å²) < 4.78 is 0. The van der Waals surface area contributed by atoms with Crippen LogP contribution < -0.4 is 0 Å². The Morgan fingerprint density at radius 3 is 1.50 bits per heavy atom. The van der Waals surface area contributed by atoms with Crippen molar-refractivity contribution in [1.29, 1.82) is 0 Å². The van der Waals surface area contributed by atoms with Crippen LogP contribution in [0.25, 0.3) is 0 Å². The predicted molar refractivity (Wildman–Crippen MR) is 25.9 cm³/mol. The standard InChI is InChI=1S/C3H3.CH4.CH3.Y/c1-3-2;;;/h1H3;1H4;1H3;/q-1;;-1;. The maximum atomic E-state index is 5.96. The van der Waals surface area contributed by atoms with Crippen molar-refractivity contribution >= 4 is 0 Å². The van der Waals surface area contributed by atoms with Crippen LogP contribution >= 0.6 is 0 Å². The summed E-state index contributed by atoms with van der Waals surface area (Å²) in [5.74, 6) is 2.00. The van der Waals surface area contributed by atoms with Crippen LogP contribution in [0.2, 0.25) is 0 Å². The third-order valence-corrected chi connectivity index (χ3v) is 0. The molecule has 0 saturated carbocycles. The third-order valence-electron chi connectivity index (χ3n) is 0. The van der Waals surface area contributed by atoms with E-state index < -0.39 is 0 Å². The Morgan fingerprint density at radius 2 is 1.50 bits per heavy atom. The van der Waals surface area contributed by atoms with Crippen molar-refractivity contribution in [3.63, 3.8) is 0 Å². The molecular weight excluding hydrogens is 149 g/mol. The molecule has 0 heterocycles. The smallest absolute Gasteiger partial charge is 0 e. The predicted octanol–water partition coefficient (Wildman–Crippen LogP) is 1.68. The van der Waals surface area contributed by atoms with E-state index in [4.69, 9.17) is 6.42 Å². The summed E-state index contributed by atoms with van der Waals surface area (Å²) >= 11 is 0. The maximum absolute atomic E-state index is 5.96. The average Bonchev–Trinajstić information content (AvgIpc) is 0.918. The first-order chi connectivity index (χ1) is 1.41. The van der Waals surface area contributed by atoms with Crippen molar-refractivity contribution in [2.75, 3.05) is 0 Å². The molecule has 0 saturated heterocycles. The Morgan fingerprint density at radius 1 is 1.50 bits per heavy atom. The zero-order valence-electron chi connectivity index (χ0n) is 3.58. The average molecular weight is 159 g/mol. The molecule has 0 aromatic carbocycles. The van der Waals surface area contributed by atoms with Gasteiger partial charge in [-0.2, -0.15) is 0 Å². The Hall–Kier alpha value is 0.664. The summed E-state index contributed by atoms with van der Waals surface area (Å²) in [5, 5.41) is 0. The first-order valence-electron chi connectivity index (χ1n) is 0.750. The van der Waals surface area contributed by atoms with Gasteiger partial charge in [-0.1, -0.05) is 7.43 Å². The van der Waals surface area contributed by atoms with E-state index in [-0.39, 0.29) is 47.6 Å². The normalized spacial score (nSPS) is 1.33. The van der Waals surface area contributed by atoms with Gasteiger partial charge in [0.05, 0.1) is 0 Å². The molecule has 0 aliphatic carbocycles. The van der Waals surface area contributed by atoms with Gasteiger partial charge in [-0.05, 0) is 6.92 Å². The molecule has 1 radical (unpaired) electrons. The van der Waals surface area contributed by atoms with Crippen molar-refractivity contribution in [2.24, 2.45) is 0 Å². The zero-order valence-corrected chi connectivity index (χ0v) is 6.42. The molecule has 0 aromatic heterocycles. The van der Waals surface area contributed by atoms with Gasteiger partial charge >= 0.3 is 0 Å². The molecule has 0 nitrogen and oxygen atoms in total. The van der Waals surface area contributed by atoms with Gasteiger partial charge in [0.2, 0.25) is 0 Å².